The van der Waals surface area contributed by atoms with Crippen molar-refractivity contribution in [3.63, 3.8) is 0 Å². The largest absolute Gasteiger partial charge is 0.393 e. The van der Waals surface area contributed by atoms with Crippen molar-refractivity contribution in [3.05, 3.63) is 29.6 Å². The second-order valence-corrected chi connectivity index (χ2v) is 5.09. The fourth-order valence-electron chi connectivity index (χ4n) is 2.46. The summed E-state index contributed by atoms with van der Waals surface area (Å²) in [4.78, 5) is 13.5. The zero-order valence-corrected chi connectivity index (χ0v) is 10.7. The highest BCUT2D eigenvalue weighted by Crippen LogP contribution is 2.30. The number of nitrogens with zero attached hydrogens (tertiary/aromatic N) is 1. The molecular weight excluding hydrogens is 233 g/mol. The second-order valence-electron chi connectivity index (χ2n) is 5.09. The van der Waals surface area contributed by atoms with Gasteiger partial charge < -0.3 is 10.0 Å². The molecule has 0 bridgehead atoms. The first kappa shape index (κ1) is 13.0. The van der Waals surface area contributed by atoms with Crippen molar-refractivity contribution in [1.29, 1.82) is 0 Å². The van der Waals surface area contributed by atoms with Crippen LogP contribution >= 0.6 is 0 Å². The fraction of sp³-hybridized carbons (Fsp3) is 0.500. The molecule has 4 heteroatoms. The Kier molecular flexibility index (Phi) is 3.66. The Hall–Kier alpha value is -1.42. The van der Waals surface area contributed by atoms with E-state index in [-0.39, 0.29) is 11.9 Å². The van der Waals surface area contributed by atoms with Gasteiger partial charge in [-0.25, -0.2) is 4.39 Å². The van der Waals surface area contributed by atoms with E-state index in [4.69, 9.17) is 0 Å². The normalized spacial score (nSPS) is 22.4. The molecule has 1 aromatic rings. The summed E-state index contributed by atoms with van der Waals surface area (Å²) in [6.45, 7) is 2.22. The zero-order chi connectivity index (χ0) is 13.3. The molecule has 0 aromatic heterocycles. The second kappa shape index (κ2) is 5.06. The third-order valence-electron chi connectivity index (χ3n) is 3.49. The highest BCUT2D eigenvalue weighted by atomic mass is 19.1. The van der Waals surface area contributed by atoms with Gasteiger partial charge in [0.05, 0.1) is 6.10 Å². The number of Topliss-reactive ketones (excluding diaryl/α,β-unsaturated/α-hetero) is 1. The van der Waals surface area contributed by atoms with Gasteiger partial charge in [-0.3, -0.25) is 4.79 Å². The van der Waals surface area contributed by atoms with Gasteiger partial charge in [0.2, 0.25) is 0 Å². The highest BCUT2D eigenvalue weighted by molar-refractivity contribution is 5.99. The Morgan fingerprint density at radius 2 is 2.17 bits per heavy atom. The summed E-state index contributed by atoms with van der Waals surface area (Å²) >= 11 is 0. The number of carbonyl (C=O) groups excluding carboxylic acids is 1. The van der Waals surface area contributed by atoms with Crippen molar-refractivity contribution >= 4 is 11.5 Å². The van der Waals surface area contributed by atoms with E-state index in [1.807, 2.05) is 11.9 Å². The number of aliphatic hydroxyl groups is 1. The molecule has 0 amide bonds. The lowest BCUT2D eigenvalue weighted by Gasteiger charge is -2.35. The number of aliphatic hydroxyl groups excluding tert-OH is 1. The van der Waals surface area contributed by atoms with Crippen LogP contribution in [0.15, 0.2) is 18.2 Å². The summed E-state index contributed by atoms with van der Waals surface area (Å²) in [5.74, 6) is -0.0729. The van der Waals surface area contributed by atoms with E-state index in [1.54, 1.807) is 6.07 Å². The molecule has 18 heavy (non-hydrogen) atoms. The predicted octanol–water partition coefficient (Wildman–Crippen LogP) is 2.24. The number of benzene rings is 1. The van der Waals surface area contributed by atoms with Crippen molar-refractivity contribution in [2.24, 2.45) is 5.92 Å². The Labute approximate surface area is 106 Å². The van der Waals surface area contributed by atoms with E-state index in [0.29, 0.717) is 11.5 Å². The number of halogens is 1. The molecule has 0 aliphatic heterocycles. The van der Waals surface area contributed by atoms with Gasteiger partial charge in [-0.2, -0.15) is 0 Å². The van der Waals surface area contributed by atoms with Crippen LogP contribution in [0.2, 0.25) is 0 Å². The van der Waals surface area contributed by atoms with Gasteiger partial charge in [-0.05, 0) is 43.9 Å². The molecule has 0 unspecified atom stereocenters. The third-order valence-corrected chi connectivity index (χ3v) is 3.49. The summed E-state index contributed by atoms with van der Waals surface area (Å²) in [5.41, 5.74) is 1.17. The molecule has 1 saturated carbocycles. The molecule has 0 heterocycles. The number of ketones is 1. The van der Waals surface area contributed by atoms with Crippen LogP contribution in [0.4, 0.5) is 10.1 Å². The summed E-state index contributed by atoms with van der Waals surface area (Å²) < 4.78 is 13.2. The number of carbonyl (C=O) groups is 1. The van der Waals surface area contributed by atoms with Crippen LogP contribution in [0.3, 0.4) is 0 Å². The third kappa shape index (κ3) is 2.70. The topological polar surface area (TPSA) is 40.5 Å². The summed E-state index contributed by atoms with van der Waals surface area (Å²) in [5, 5.41) is 9.26. The Morgan fingerprint density at radius 3 is 2.72 bits per heavy atom. The van der Waals surface area contributed by atoms with Crippen molar-refractivity contribution in [2.75, 3.05) is 18.5 Å². The molecule has 0 radical (unpaired) electrons. The monoisotopic (exact) mass is 251 g/mol. The van der Waals surface area contributed by atoms with Gasteiger partial charge in [0.1, 0.15) is 5.82 Å². The molecule has 1 fully saturated rings. The summed E-state index contributed by atoms with van der Waals surface area (Å²) in [6, 6.07) is 4.29. The van der Waals surface area contributed by atoms with Crippen LogP contribution in [0, 0.1) is 11.7 Å². The smallest absolute Gasteiger partial charge is 0.161 e. The van der Waals surface area contributed by atoms with Crippen LogP contribution in [-0.4, -0.2) is 30.6 Å². The van der Waals surface area contributed by atoms with Crippen LogP contribution < -0.4 is 4.90 Å². The molecule has 1 aliphatic carbocycles. The van der Waals surface area contributed by atoms with Crippen molar-refractivity contribution < 1.29 is 14.3 Å². The van der Waals surface area contributed by atoms with Crippen LogP contribution in [0.25, 0.3) is 0 Å². The van der Waals surface area contributed by atoms with Gasteiger partial charge >= 0.3 is 0 Å². The standard InChI is InChI=1S/C14H18FNO2/c1-9(17)13-7-11(15)3-4-14(13)16(2)8-10-5-12(18)6-10/h3-4,7,10,12,18H,5-6,8H2,1-2H3. The lowest BCUT2D eigenvalue weighted by atomic mass is 9.82. The molecule has 98 valence electrons. The molecule has 1 aromatic carbocycles. The minimum absolute atomic E-state index is 0.134. The van der Waals surface area contributed by atoms with E-state index >= 15 is 0 Å². The van der Waals surface area contributed by atoms with Gasteiger partial charge in [-0.1, -0.05) is 0 Å². The van der Waals surface area contributed by atoms with Crippen LogP contribution in [0.1, 0.15) is 30.1 Å². The zero-order valence-electron chi connectivity index (χ0n) is 10.7. The number of anilines is 1. The summed E-state index contributed by atoms with van der Waals surface area (Å²) in [6.07, 6.45) is 1.44. The minimum Gasteiger partial charge on any atom is -0.393 e. The van der Waals surface area contributed by atoms with E-state index in [1.165, 1.54) is 19.1 Å². The lowest BCUT2D eigenvalue weighted by molar-refractivity contribution is 0.0464. The predicted molar refractivity (Wildman–Crippen MR) is 68.4 cm³/mol. The average molecular weight is 251 g/mol. The van der Waals surface area contributed by atoms with E-state index in [2.05, 4.69) is 0 Å². The molecule has 2 rings (SSSR count). The fourth-order valence-corrected chi connectivity index (χ4v) is 2.46. The Balaban J connectivity index is 2.13. The Morgan fingerprint density at radius 1 is 1.50 bits per heavy atom. The van der Waals surface area contributed by atoms with Crippen molar-refractivity contribution in [1.82, 2.24) is 0 Å². The summed E-state index contributed by atoms with van der Waals surface area (Å²) in [7, 11) is 1.89. The first-order valence-electron chi connectivity index (χ1n) is 6.17. The van der Waals surface area contributed by atoms with Gasteiger partial charge in [0.25, 0.3) is 0 Å². The van der Waals surface area contributed by atoms with Gasteiger partial charge in [-0.15, -0.1) is 0 Å². The van der Waals surface area contributed by atoms with Crippen molar-refractivity contribution in [3.8, 4) is 0 Å². The number of rotatable bonds is 4. The molecular formula is C14H18FNO2. The average Bonchev–Trinajstić information content (AvgIpc) is 2.26. The molecule has 3 nitrogen and oxygen atoms in total. The van der Waals surface area contributed by atoms with Gasteiger partial charge in [0.15, 0.2) is 5.78 Å². The maximum atomic E-state index is 13.2. The molecule has 0 saturated heterocycles. The lowest BCUT2D eigenvalue weighted by Crippen LogP contribution is -2.37. The van der Waals surface area contributed by atoms with E-state index < -0.39 is 5.82 Å². The molecule has 1 aliphatic rings. The molecule has 0 spiro atoms. The Bertz CT molecular complexity index is 455. The van der Waals surface area contributed by atoms with E-state index in [9.17, 15) is 14.3 Å². The number of hydrogen-bond acceptors (Lipinski definition) is 3. The molecule has 1 N–H and O–H groups in total. The maximum absolute atomic E-state index is 13.2. The van der Waals surface area contributed by atoms with Crippen LogP contribution in [-0.2, 0) is 0 Å². The minimum atomic E-state index is -0.392. The van der Waals surface area contributed by atoms with Crippen molar-refractivity contribution in [2.45, 2.75) is 25.9 Å². The first-order chi connectivity index (χ1) is 8.47. The van der Waals surface area contributed by atoms with Crippen LogP contribution in [0.5, 0.6) is 0 Å². The molecule has 0 atom stereocenters. The van der Waals surface area contributed by atoms with Gasteiger partial charge in [0, 0.05) is 24.8 Å². The maximum Gasteiger partial charge on any atom is 0.161 e. The quantitative estimate of drug-likeness (QED) is 0.834. The van der Waals surface area contributed by atoms with E-state index in [0.717, 1.165) is 25.1 Å². The first-order valence-corrected chi connectivity index (χ1v) is 6.17. The SMILES string of the molecule is CC(=O)c1cc(F)ccc1N(C)CC1CC(O)C1. The highest BCUT2D eigenvalue weighted by Gasteiger charge is 2.28. The number of hydrogen-bond donors (Lipinski definition) is 1.